The van der Waals surface area contributed by atoms with Gasteiger partial charge in [-0.15, -0.1) is 0 Å². The highest BCUT2D eigenvalue weighted by Crippen LogP contribution is 2.27. The molecule has 11 heteroatoms. The third-order valence-corrected chi connectivity index (χ3v) is 9.21. The highest BCUT2D eigenvalue weighted by Gasteiger charge is 2.33. The first kappa shape index (κ1) is 21.4. The van der Waals surface area contributed by atoms with Crippen LogP contribution in [0, 0.1) is 6.92 Å². The van der Waals surface area contributed by atoms with Gasteiger partial charge in [0.25, 0.3) is 0 Å². The van der Waals surface area contributed by atoms with E-state index in [0.717, 1.165) is 0 Å². The van der Waals surface area contributed by atoms with Crippen LogP contribution in [-0.4, -0.2) is 75.8 Å². The number of nitrogens with one attached hydrogen (secondary N) is 1. The van der Waals surface area contributed by atoms with Crippen molar-refractivity contribution < 1.29 is 21.6 Å². The summed E-state index contributed by atoms with van der Waals surface area (Å²) in [5, 5.41) is 3.25. The van der Waals surface area contributed by atoms with Gasteiger partial charge in [-0.1, -0.05) is 17.7 Å². The molecule has 1 atom stereocenters. The lowest BCUT2D eigenvalue weighted by molar-refractivity contribution is 0.190. The lowest BCUT2D eigenvalue weighted by atomic mass is 10.1. The monoisotopic (exact) mass is 449 g/mol. The molecule has 0 unspecified atom stereocenters. The molecule has 2 aliphatic rings. The van der Waals surface area contributed by atoms with E-state index in [1.807, 2.05) is 0 Å². The van der Waals surface area contributed by atoms with Gasteiger partial charge in [-0.05, 0) is 37.5 Å². The standard InChI is InChI=1S/C17H24ClN3O5S2/c1-13-15(18)5-2-6-16(13)28(25,26)21-7-3-4-14(12-21)19-17(22)20-8-10-27(23,24)11-9-20/h2,5-6,14H,3-4,7-12H2,1H3,(H,19,22)/t14-/m0/s1. The second-order valence-electron chi connectivity index (χ2n) is 7.15. The van der Waals surface area contributed by atoms with Gasteiger partial charge < -0.3 is 10.2 Å². The third-order valence-electron chi connectivity index (χ3n) is 5.18. The maximum atomic E-state index is 13.0. The first-order valence-electron chi connectivity index (χ1n) is 9.11. The molecule has 156 valence electrons. The van der Waals surface area contributed by atoms with E-state index in [1.54, 1.807) is 19.1 Å². The minimum absolute atomic E-state index is 0.0420. The molecule has 2 amide bonds. The first-order chi connectivity index (χ1) is 13.1. The summed E-state index contributed by atoms with van der Waals surface area (Å²) in [6.45, 7) is 2.53. The Balaban J connectivity index is 1.67. The number of amides is 2. The number of hydrogen-bond acceptors (Lipinski definition) is 5. The molecule has 2 saturated heterocycles. The highest BCUT2D eigenvalue weighted by atomic mass is 35.5. The Labute approximate surface area is 170 Å². The molecule has 28 heavy (non-hydrogen) atoms. The Bertz CT molecular complexity index is 951. The number of rotatable bonds is 3. The molecule has 3 rings (SSSR count). The number of nitrogens with zero attached hydrogens (tertiary/aromatic N) is 2. The van der Waals surface area contributed by atoms with Gasteiger partial charge in [-0.25, -0.2) is 21.6 Å². The third kappa shape index (κ3) is 4.61. The Kier molecular flexibility index (Phi) is 6.23. The maximum absolute atomic E-state index is 13.0. The number of halogens is 1. The van der Waals surface area contributed by atoms with Gasteiger partial charge in [0.1, 0.15) is 0 Å². The SMILES string of the molecule is Cc1c(Cl)cccc1S(=O)(=O)N1CCC[C@H](NC(=O)N2CCS(=O)(=O)CC2)C1. The maximum Gasteiger partial charge on any atom is 0.317 e. The zero-order chi connectivity index (χ0) is 20.5. The van der Waals surface area contributed by atoms with Gasteiger partial charge in [0.2, 0.25) is 10.0 Å². The van der Waals surface area contributed by atoms with E-state index in [1.165, 1.54) is 15.3 Å². The van der Waals surface area contributed by atoms with Crippen molar-refractivity contribution in [2.24, 2.45) is 0 Å². The Morgan fingerprint density at radius 1 is 1.21 bits per heavy atom. The summed E-state index contributed by atoms with van der Waals surface area (Å²) in [5.74, 6) is -0.0841. The number of sulfone groups is 1. The lowest BCUT2D eigenvalue weighted by Gasteiger charge is -2.34. The molecule has 1 N–H and O–H groups in total. The topological polar surface area (TPSA) is 104 Å². The smallest absolute Gasteiger partial charge is 0.317 e. The average Bonchev–Trinajstić information content (AvgIpc) is 2.64. The molecule has 1 aromatic rings. The van der Waals surface area contributed by atoms with Crippen LogP contribution in [-0.2, 0) is 19.9 Å². The largest absolute Gasteiger partial charge is 0.334 e. The lowest BCUT2D eigenvalue weighted by Crippen LogP contribution is -2.55. The summed E-state index contributed by atoms with van der Waals surface area (Å²) in [4.78, 5) is 14.1. The number of carbonyl (C=O) groups excluding carboxylic acids is 1. The second kappa shape index (κ2) is 8.17. The summed E-state index contributed by atoms with van der Waals surface area (Å²) in [7, 11) is -6.79. The van der Waals surface area contributed by atoms with E-state index in [4.69, 9.17) is 11.6 Å². The van der Waals surface area contributed by atoms with Gasteiger partial charge >= 0.3 is 6.03 Å². The van der Waals surface area contributed by atoms with Crippen LogP contribution in [0.15, 0.2) is 23.1 Å². The molecule has 0 saturated carbocycles. The van der Waals surface area contributed by atoms with Crippen molar-refractivity contribution in [1.82, 2.24) is 14.5 Å². The summed E-state index contributed by atoms with van der Waals surface area (Å²) < 4.78 is 50.5. The molecule has 0 aliphatic carbocycles. The average molecular weight is 450 g/mol. The minimum Gasteiger partial charge on any atom is -0.334 e. The van der Waals surface area contributed by atoms with E-state index in [0.29, 0.717) is 30.0 Å². The summed E-state index contributed by atoms with van der Waals surface area (Å²) in [5.41, 5.74) is 0.504. The van der Waals surface area contributed by atoms with Crippen LogP contribution in [0.5, 0.6) is 0 Å². The van der Waals surface area contributed by atoms with Gasteiger partial charge in [-0.3, -0.25) is 0 Å². The van der Waals surface area contributed by atoms with Crippen molar-refractivity contribution in [2.45, 2.75) is 30.7 Å². The molecule has 2 fully saturated rings. The van der Waals surface area contributed by atoms with E-state index >= 15 is 0 Å². The predicted molar refractivity (Wildman–Crippen MR) is 107 cm³/mol. The van der Waals surface area contributed by atoms with E-state index in [-0.39, 0.29) is 48.1 Å². The van der Waals surface area contributed by atoms with E-state index in [9.17, 15) is 21.6 Å². The summed E-state index contributed by atoms with van der Waals surface area (Å²) in [6, 6.07) is 4.11. The molecular formula is C17H24ClN3O5S2. The van der Waals surface area contributed by atoms with Crippen molar-refractivity contribution in [3.8, 4) is 0 Å². The molecule has 2 heterocycles. The minimum atomic E-state index is -3.72. The fourth-order valence-electron chi connectivity index (χ4n) is 3.47. The van der Waals surface area contributed by atoms with Crippen molar-refractivity contribution in [2.75, 3.05) is 37.7 Å². The summed E-state index contributed by atoms with van der Waals surface area (Å²) in [6.07, 6.45) is 1.29. The molecule has 0 aromatic heterocycles. The van der Waals surface area contributed by atoms with Gasteiger partial charge in [-0.2, -0.15) is 4.31 Å². The van der Waals surface area contributed by atoms with Crippen LogP contribution in [0.3, 0.4) is 0 Å². The van der Waals surface area contributed by atoms with Crippen LogP contribution in [0.1, 0.15) is 18.4 Å². The summed E-state index contributed by atoms with van der Waals surface area (Å²) >= 11 is 6.07. The fraction of sp³-hybridized carbons (Fsp3) is 0.588. The van der Waals surface area contributed by atoms with Crippen LogP contribution in [0.2, 0.25) is 5.02 Å². The normalized spacial score (nSPS) is 23.4. The van der Waals surface area contributed by atoms with E-state index < -0.39 is 19.9 Å². The number of urea groups is 1. The fourth-order valence-corrected chi connectivity index (χ4v) is 6.67. The van der Waals surface area contributed by atoms with Gasteiger partial charge in [0.15, 0.2) is 9.84 Å². The van der Waals surface area contributed by atoms with Gasteiger partial charge in [0.05, 0.1) is 16.4 Å². The molecular weight excluding hydrogens is 426 g/mol. The second-order valence-corrected chi connectivity index (χ2v) is 11.8. The number of benzene rings is 1. The van der Waals surface area contributed by atoms with Gasteiger partial charge in [0, 0.05) is 37.2 Å². The molecule has 0 radical (unpaired) electrons. The van der Waals surface area contributed by atoms with Crippen molar-refractivity contribution in [3.63, 3.8) is 0 Å². The van der Waals surface area contributed by atoms with Crippen molar-refractivity contribution in [1.29, 1.82) is 0 Å². The highest BCUT2D eigenvalue weighted by molar-refractivity contribution is 7.91. The Hall–Kier alpha value is -1.36. The van der Waals surface area contributed by atoms with Crippen LogP contribution in [0.4, 0.5) is 4.79 Å². The first-order valence-corrected chi connectivity index (χ1v) is 12.8. The van der Waals surface area contributed by atoms with E-state index in [2.05, 4.69) is 5.32 Å². The van der Waals surface area contributed by atoms with Crippen LogP contribution in [0.25, 0.3) is 0 Å². The number of piperidine rings is 1. The zero-order valence-corrected chi connectivity index (χ0v) is 18.0. The van der Waals surface area contributed by atoms with Crippen LogP contribution < -0.4 is 5.32 Å². The molecule has 0 bridgehead atoms. The number of hydrogen-bond donors (Lipinski definition) is 1. The number of sulfonamides is 1. The zero-order valence-electron chi connectivity index (χ0n) is 15.6. The number of carbonyl (C=O) groups is 1. The molecule has 1 aromatic carbocycles. The predicted octanol–water partition coefficient (Wildman–Crippen LogP) is 1.24. The molecule has 8 nitrogen and oxygen atoms in total. The molecule has 0 spiro atoms. The van der Waals surface area contributed by atoms with Crippen LogP contribution >= 0.6 is 11.6 Å². The quantitative estimate of drug-likeness (QED) is 0.747. The molecule has 2 aliphatic heterocycles. The van der Waals surface area contributed by atoms with Crippen molar-refractivity contribution in [3.05, 3.63) is 28.8 Å². The Morgan fingerprint density at radius 2 is 1.89 bits per heavy atom. The Morgan fingerprint density at radius 3 is 2.57 bits per heavy atom. The van der Waals surface area contributed by atoms with Crippen molar-refractivity contribution >= 4 is 37.5 Å².